The lowest BCUT2D eigenvalue weighted by Crippen LogP contribution is -2.45. The van der Waals surface area contributed by atoms with E-state index in [4.69, 9.17) is 4.74 Å². The number of carbonyl (C=O) groups is 1. The van der Waals surface area contributed by atoms with Gasteiger partial charge in [0, 0.05) is 24.5 Å². The highest BCUT2D eigenvalue weighted by molar-refractivity contribution is 5.99. The second-order valence-electron chi connectivity index (χ2n) is 6.37. The number of carbonyl (C=O) groups excluding carboxylic acids is 1. The molecule has 2 heterocycles. The fourth-order valence-corrected chi connectivity index (χ4v) is 3.47. The quantitative estimate of drug-likeness (QED) is 0.725. The van der Waals surface area contributed by atoms with Crippen molar-refractivity contribution in [2.24, 2.45) is 7.05 Å². The second kappa shape index (κ2) is 5.92. The highest BCUT2D eigenvalue weighted by Crippen LogP contribution is 2.35. The molecule has 3 aromatic rings. The maximum atomic E-state index is 13.1. The topological polar surface area (TPSA) is 34.5 Å². The summed E-state index contributed by atoms with van der Waals surface area (Å²) in [7, 11) is 3.53. The Morgan fingerprint density at radius 3 is 2.56 bits per heavy atom. The third-order valence-corrected chi connectivity index (χ3v) is 5.00. The minimum atomic E-state index is -0.261. The van der Waals surface area contributed by atoms with Crippen LogP contribution in [0.25, 0.3) is 10.9 Å². The predicted molar refractivity (Wildman–Crippen MR) is 94.3 cm³/mol. The number of benzene rings is 2. The second-order valence-corrected chi connectivity index (χ2v) is 6.37. The first-order valence-corrected chi connectivity index (χ1v) is 8.28. The Morgan fingerprint density at radius 2 is 1.92 bits per heavy atom. The van der Waals surface area contributed by atoms with Gasteiger partial charge in [0.05, 0.1) is 13.2 Å². The number of halogens is 1. The van der Waals surface area contributed by atoms with Crippen LogP contribution in [0.15, 0.2) is 48.5 Å². The van der Waals surface area contributed by atoms with Gasteiger partial charge in [0.15, 0.2) is 0 Å². The van der Waals surface area contributed by atoms with E-state index >= 15 is 0 Å². The van der Waals surface area contributed by atoms with Gasteiger partial charge in [-0.25, -0.2) is 4.39 Å². The zero-order valence-corrected chi connectivity index (χ0v) is 14.2. The summed E-state index contributed by atoms with van der Waals surface area (Å²) in [5.74, 6) is 0.507. The van der Waals surface area contributed by atoms with Crippen LogP contribution in [0, 0.1) is 5.82 Å². The Balaban J connectivity index is 1.65. The normalized spacial score (nSPS) is 16.8. The summed E-state index contributed by atoms with van der Waals surface area (Å²) in [5.41, 5.74) is 2.61. The van der Waals surface area contributed by atoms with Crippen molar-refractivity contribution in [3.63, 3.8) is 0 Å². The lowest BCUT2D eigenvalue weighted by molar-refractivity contribution is 0.0451. The fraction of sp³-hybridized carbons (Fsp3) is 0.250. The van der Waals surface area contributed by atoms with Gasteiger partial charge >= 0.3 is 0 Å². The molecule has 1 aliphatic heterocycles. The lowest BCUT2D eigenvalue weighted by atomic mass is 9.94. The van der Waals surface area contributed by atoms with Crippen LogP contribution < -0.4 is 4.74 Å². The molecule has 0 spiro atoms. The van der Waals surface area contributed by atoms with Crippen LogP contribution in [0.5, 0.6) is 5.75 Å². The summed E-state index contributed by atoms with van der Waals surface area (Å²) in [5, 5.41) is 0.976. The van der Waals surface area contributed by atoms with Gasteiger partial charge in [-0.2, -0.15) is 0 Å². The highest BCUT2D eigenvalue weighted by atomic mass is 19.1. The van der Waals surface area contributed by atoms with E-state index in [-0.39, 0.29) is 17.8 Å². The van der Waals surface area contributed by atoms with E-state index < -0.39 is 0 Å². The zero-order valence-electron chi connectivity index (χ0n) is 14.2. The molecule has 1 fully saturated rings. The summed E-state index contributed by atoms with van der Waals surface area (Å²) < 4.78 is 20.3. The van der Waals surface area contributed by atoms with E-state index in [1.54, 1.807) is 19.2 Å². The summed E-state index contributed by atoms with van der Waals surface area (Å²) >= 11 is 0. The number of likely N-dealkylation sites (tertiary alicyclic amines) is 1. The molecule has 1 amide bonds. The predicted octanol–water partition coefficient (Wildman–Crippen LogP) is 3.91. The van der Waals surface area contributed by atoms with Crippen LogP contribution in [0.3, 0.4) is 0 Å². The molecule has 1 saturated heterocycles. The zero-order chi connectivity index (χ0) is 17.6. The number of ether oxygens (including phenoxy) is 1. The van der Waals surface area contributed by atoms with Crippen LogP contribution in [0.4, 0.5) is 4.39 Å². The molecule has 2 aromatic carbocycles. The Kier molecular flexibility index (Phi) is 3.71. The Labute approximate surface area is 145 Å². The Morgan fingerprint density at radius 1 is 1.16 bits per heavy atom. The molecular weight excluding hydrogens is 319 g/mol. The molecule has 25 heavy (non-hydrogen) atoms. The summed E-state index contributed by atoms with van der Waals surface area (Å²) in [6.45, 7) is 0.714. The molecule has 0 N–H and O–H groups in total. The van der Waals surface area contributed by atoms with Crippen molar-refractivity contribution in [1.82, 2.24) is 9.47 Å². The highest BCUT2D eigenvalue weighted by Gasteiger charge is 2.35. The first-order chi connectivity index (χ1) is 12.1. The third kappa shape index (κ3) is 2.56. The van der Waals surface area contributed by atoms with Gasteiger partial charge in [-0.1, -0.05) is 12.1 Å². The van der Waals surface area contributed by atoms with E-state index in [9.17, 15) is 9.18 Å². The van der Waals surface area contributed by atoms with Crippen molar-refractivity contribution in [2.75, 3.05) is 13.7 Å². The first kappa shape index (κ1) is 15.7. The van der Waals surface area contributed by atoms with Crippen LogP contribution in [-0.2, 0) is 7.05 Å². The van der Waals surface area contributed by atoms with Crippen LogP contribution in [-0.4, -0.2) is 29.0 Å². The van der Waals surface area contributed by atoms with Gasteiger partial charge in [0.1, 0.15) is 17.3 Å². The molecule has 4 rings (SSSR count). The molecule has 1 atom stereocenters. The number of nitrogens with zero attached hydrogens (tertiary/aromatic N) is 2. The summed E-state index contributed by atoms with van der Waals surface area (Å²) in [6, 6.07) is 14.1. The van der Waals surface area contributed by atoms with Crippen LogP contribution >= 0.6 is 0 Å². The van der Waals surface area contributed by atoms with Crippen LogP contribution in [0.1, 0.15) is 28.5 Å². The molecular formula is C20H19FN2O2. The minimum Gasteiger partial charge on any atom is -0.497 e. The number of aryl methyl sites for hydroxylation is 1. The number of rotatable bonds is 3. The average Bonchev–Trinajstić information content (AvgIpc) is 2.92. The Bertz CT molecular complexity index is 946. The maximum Gasteiger partial charge on any atom is 0.271 e. The monoisotopic (exact) mass is 338 g/mol. The van der Waals surface area contributed by atoms with Crippen molar-refractivity contribution < 1.29 is 13.9 Å². The van der Waals surface area contributed by atoms with Crippen molar-refractivity contribution in [1.29, 1.82) is 0 Å². The number of hydrogen-bond acceptors (Lipinski definition) is 2. The number of amides is 1. The standard InChI is InChI=1S/C20H19FN2O2/c1-22-17-8-7-16(25-2)11-14(17)12-19(22)20(24)23-10-9-18(23)13-3-5-15(21)6-4-13/h3-8,11-12,18H,9-10H2,1-2H3. The van der Waals surface area contributed by atoms with Crippen molar-refractivity contribution in [2.45, 2.75) is 12.5 Å². The van der Waals surface area contributed by atoms with E-state index in [0.717, 1.165) is 28.6 Å². The van der Waals surface area contributed by atoms with Gasteiger partial charge in [0.25, 0.3) is 5.91 Å². The molecule has 0 aliphatic carbocycles. The average molecular weight is 338 g/mol. The van der Waals surface area contributed by atoms with Crippen LogP contribution in [0.2, 0.25) is 0 Å². The van der Waals surface area contributed by atoms with Crippen molar-refractivity contribution >= 4 is 16.8 Å². The third-order valence-electron chi connectivity index (χ3n) is 5.00. The van der Waals surface area contributed by atoms with Crippen molar-refractivity contribution in [3.8, 4) is 5.75 Å². The van der Waals surface area contributed by atoms with Gasteiger partial charge in [0.2, 0.25) is 0 Å². The maximum absolute atomic E-state index is 13.1. The molecule has 1 aliphatic rings. The largest absolute Gasteiger partial charge is 0.497 e. The lowest BCUT2D eigenvalue weighted by Gasteiger charge is -2.41. The first-order valence-electron chi connectivity index (χ1n) is 8.28. The smallest absolute Gasteiger partial charge is 0.271 e. The van der Waals surface area contributed by atoms with Crippen molar-refractivity contribution in [3.05, 3.63) is 65.6 Å². The SMILES string of the molecule is COc1ccc2c(c1)cc(C(=O)N1CCC1c1ccc(F)cc1)n2C. The van der Waals surface area contributed by atoms with E-state index in [1.165, 1.54) is 12.1 Å². The molecule has 1 unspecified atom stereocenters. The molecule has 1 aromatic heterocycles. The molecule has 4 nitrogen and oxygen atoms in total. The number of hydrogen-bond donors (Lipinski definition) is 0. The number of methoxy groups -OCH3 is 1. The van der Waals surface area contributed by atoms with Gasteiger partial charge in [-0.15, -0.1) is 0 Å². The molecule has 5 heteroatoms. The van der Waals surface area contributed by atoms with Gasteiger partial charge in [-0.05, 0) is 48.4 Å². The molecule has 0 radical (unpaired) electrons. The summed E-state index contributed by atoms with van der Waals surface area (Å²) in [4.78, 5) is 14.9. The number of fused-ring (bicyclic) bond motifs is 1. The summed E-state index contributed by atoms with van der Waals surface area (Å²) in [6.07, 6.45) is 0.898. The van der Waals surface area contributed by atoms with E-state index in [0.29, 0.717) is 12.2 Å². The van der Waals surface area contributed by atoms with Gasteiger partial charge in [-0.3, -0.25) is 4.79 Å². The van der Waals surface area contributed by atoms with E-state index in [1.807, 2.05) is 40.8 Å². The van der Waals surface area contributed by atoms with E-state index in [2.05, 4.69) is 0 Å². The van der Waals surface area contributed by atoms with Gasteiger partial charge < -0.3 is 14.2 Å². The molecule has 128 valence electrons. The fourth-order valence-electron chi connectivity index (χ4n) is 3.47. The molecule has 0 bridgehead atoms. The molecule has 0 saturated carbocycles. The minimum absolute atomic E-state index is 0.00163. The Hall–Kier alpha value is -2.82. The number of aromatic nitrogens is 1.